The number of benzene rings is 1. The van der Waals surface area contributed by atoms with Crippen molar-refractivity contribution in [3.8, 4) is 0 Å². The predicted molar refractivity (Wildman–Crippen MR) is 69.5 cm³/mol. The van der Waals surface area contributed by atoms with E-state index in [0.717, 1.165) is 5.56 Å². The third-order valence-electron chi connectivity index (χ3n) is 3.49. The van der Waals surface area contributed by atoms with Crippen molar-refractivity contribution in [2.24, 2.45) is 0 Å². The Hall–Kier alpha value is -1.43. The Morgan fingerprint density at radius 1 is 1.26 bits per heavy atom. The lowest BCUT2D eigenvalue weighted by Crippen LogP contribution is -2.41. The summed E-state index contributed by atoms with van der Waals surface area (Å²) >= 11 is 0. The molecule has 2 heterocycles. The van der Waals surface area contributed by atoms with Gasteiger partial charge in [-0.05, 0) is 5.56 Å². The van der Waals surface area contributed by atoms with Gasteiger partial charge in [0.2, 0.25) is 5.91 Å². The first kappa shape index (κ1) is 12.6. The number of amides is 1. The SMILES string of the molecule is O=C1C(c2ccccc2)NCN1CC1COCCO1. The summed E-state index contributed by atoms with van der Waals surface area (Å²) in [6.07, 6.45) is -0.00553. The molecule has 0 radical (unpaired) electrons. The lowest BCUT2D eigenvalue weighted by atomic mass is 10.1. The van der Waals surface area contributed by atoms with E-state index in [0.29, 0.717) is 33.0 Å². The number of ether oxygens (including phenoxy) is 2. The van der Waals surface area contributed by atoms with Gasteiger partial charge in [-0.25, -0.2) is 0 Å². The van der Waals surface area contributed by atoms with E-state index in [2.05, 4.69) is 5.32 Å². The first-order valence-electron chi connectivity index (χ1n) is 6.61. The van der Waals surface area contributed by atoms with Crippen molar-refractivity contribution in [3.63, 3.8) is 0 Å². The number of nitrogens with one attached hydrogen (secondary N) is 1. The number of carbonyl (C=O) groups is 1. The second-order valence-electron chi connectivity index (χ2n) is 4.83. The maximum atomic E-state index is 12.3. The number of hydrogen-bond donors (Lipinski definition) is 1. The molecule has 0 spiro atoms. The first-order chi connectivity index (χ1) is 9.34. The van der Waals surface area contributed by atoms with Crippen molar-refractivity contribution in [3.05, 3.63) is 35.9 Å². The van der Waals surface area contributed by atoms with E-state index in [1.165, 1.54) is 0 Å². The Labute approximate surface area is 112 Å². The van der Waals surface area contributed by atoms with Crippen LogP contribution in [0.15, 0.2) is 30.3 Å². The molecule has 2 aliphatic rings. The summed E-state index contributed by atoms with van der Waals surface area (Å²) in [4.78, 5) is 14.1. The van der Waals surface area contributed by atoms with E-state index in [9.17, 15) is 4.79 Å². The second-order valence-corrected chi connectivity index (χ2v) is 4.83. The monoisotopic (exact) mass is 262 g/mol. The van der Waals surface area contributed by atoms with Crippen LogP contribution < -0.4 is 5.32 Å². The summed E-state index contributed by atoms with van der Waals surface area (Å²) in [6, 6.07) is 9.56. The second kappa shape index (κ2) is 5.69. The highest BCUT2D eigenvalue weighted by molar-refractivity contribution is 5.85. The quantitative estimate of drug-likeness (QED) is 0.863. The highest BCUT2D eigenvalue weighted by Gasteiger charge is 2.33. The average molecular weight is 262 g/mol. The van der Waals surface area contributed by atoms with E-state index in [1.54, 1.807) is 4.90 Å². The number of carbonyl (C=O) groups excluding carboxylic acids is 1. The fourth-order valence-electron chi connectivity index (χ4n) is 2.50. The number of hydrogen-bond acceptors (Lipinski definition) is 4. The summed E-state index contributed by atoms with van der Waals surface area (Å²) in [5.74, 6) is 0.111. The van der Waals surface area contributed by atoms with Gasteiger partial charge in [0.05, 0.1) is 39.1 Å². The minimum atomic E-state index is -0.231. The molecule has 3 rings (SSSR count). The van der Waals surface area contributed by atoms with Crippen molar-refractivity contribution in [1.82, 2.24) is 10.2 Å². The molecule has 0 bridgehead atoms. The molecule has 1 amide bonds. The lowest BCUT2D eigenvalue weighted by molar-refractivity contribution is -0.135. The van der Waals surface area contributed by atoms with Crippen LogP contribution in [-0.2, 0) is 14.3 Å². The van der Waals surface area contributed by atoms with Crippen LogP contribution in [0.1, 0.15) is 11.6 Å². The van der Waals surface area contributed by atoms with Gasteiger partial charge in [0.1, 0.15) is 6.04 Å². The van der Waals surface area contributed by atoms with Gasteiger partial charge in [-0.1, -0.05) is 30.3 Å². The Kier molecular flexibility index (Phi) is 3.77. The molecule has 5 heteroatoms. The van der Waals surface area contributed by atoms with Crippen molar-refractivity contribution < 1.29 is 14.3 Å². The van der Waals surface area contributed by atoms with Crippen LogP contribution >= 0.6 is 0 Å². The summed E-state index contributed by atoms with van der Waals surface area (Å²) in [5.41, 5.74) is 1.01. The highest BCUT2D eigenvalue weighted by Crippen LogP contribution is 2.20. The molecule has 2 unspecified atom stereocenters. The molecular weight excluding hydrogens is 244 g/mol. The first-order valence-corrected chi connectivity index (χ1v) is 6.61. The fourth-order valence-corrected chi connectivity index (χ4v) is 2.50. The van der Waals surface area contributed by atoms with Gasteiger partial charge < -0.3 is 14.4 Å². The maximum Gasteiger partial charge on any atom is 0.245 e. The molecule has 0 saturated carbocycles. The van der Waals surface area contributed by atoms with Crippen LogP contribution in [0.25, 0.3) is 0 Å². The molecule has 2 aliphatic heterocycles. The van der Waals surface area contributed by atoms with Gasteiger partial charge in [-0.15, -0.1) is 0 Å². The molecule has 1 aromatic carbocycles. The summed E-state index contributed by atoms with van der Waals surface area (Å²) in [5, 5.41) is 3.24. The van der Waals surface area contributed by atoms with Crippen LogP contribution in [0.2, 0.25) is 0 Å². The smallest absolute Gasteiger partial charge is 0.245 e. The van der Waals surface area contributed by atoms with Gasteiger partial charge in [0.25, 0.3) is 0 Å². The molecule has 5 nitrogen and oxygen atoms in total. The molecule has 102 valence electrons. The predicted octanol–water partition coefficient (Wildman–Crippen LogP) is 0.532. The van der Waals surface area contributed by atoms with Crippen LogP contribution in [0.3, 0.4) is 0 Å². The Balaban J connectivity index is 1.62. The Bertz CT molecular complexity index is 432. The fraction of sp³-hybridized carbons (Fsp3) is 0.500. The van der Waals surface area contributed by atoms with Crippen LogP contribution in [0.4, 0.5) is 0 Å². The van der Waals surface area contributed by atoms with E-state index < -0.39 is 0 Å². The lowest BCUT2D eigenvalue weighted by Gasteiger charge is -2.27. The molecular formula is C14H18N2O3. The van der Waals surface area contributed by atoms with E-state index in [1.807, 2.05) is 30.3 Å². The zero-order valence-electron chi connectivity index (χ0n) is 10.7. The van der Waals surface area contributed by atoms with Gasteiger partial charge >= 0.3 is 0 Å². The van der Waals surface area contributed by atoms with E-state index >= 15 is 0 Å². The molecule has 0 aromatic heterocycles. The van der Waals surface area contributed by atoms with Crippen molar-refractivity contribution in [1.29, 1.82) is 0 Å². The molecule has 1 aromatic rings. The zero-order chi connectivity index (χ0) is 13.1. The topological polar surface area (TPSA) is 50.8 Å². The van der Waals surface area contributed by atoms with E-state index in [4.69, 9.17) is 9.47 Å². The standard InChI is InChI=1S/C14H18N2O3/c17-14-13(11-4-2-1-3-5-11)15-10-16(14)8-12-9-18-6-7-19-12/h1-5,12-13,15H,6-10H2. The highest BCUT2D eigenvalue weighted by atomic mass is 16.6. The molecule has 0 aliphatic carbocycles. The largest absolute Gasteiger partial charge is 0.376 e. The summed E-state index contributed by atoms with van der Waals surface area (Å²) < 4.78 is 10.9. The molecule has 19 heavy (non-hydrogen) atoms. The minimum absolute atomic E-state index is 0.00553. The van der Waals surface area contributed by atoms with Gasteiger partial charge in [0.15, 0.2) is 0 Å². The molecule has 2 saturated heterocycles. The third kappa shape index (κ3) is 2.78. The van der Waals surface area contributed by atoms with Crippen LogP contribution in [0.5, 0.6) is 0 Å². The molecule has 2 atom stereocenters. The number of nitrogens with zero attached hydrogens (tertiary/aromatic N) is 1. The van der Waals surface area contributed by atoms with Gasteiger partial charge in [-0.2, -0.15) is 0 Å². The van der Waals surface area contributed by atoms with Crippen molar-refractivity contribution >= 4 is 5.91 Å². The van der Waals surface area contributed by atoms with Crippen molar-refractivity contribution in [2.75, 3.05) is 33.0 Å². The Morgan fingerprint density at radius 2 is 2.11 bits per heavy atom. The normalized spacial score (nSPS) is 27.8. The third-order valence-corrected chi connectivity index (χ3v) is 3.49. The number of rotatable bonds is 3. The Morgan fingerprint density at radius 3 is 2.84 bits per heavy atom. The minimum Gasteiger partial charge on any atom is -0.376 e. The molecule has 1 N–H and O–H groups in total. The average Bonchev–Trinajstić information content (AvgIpc) is 2.82. The van der Waals surface area contributed by atoms with Gasteiger partial charge in [-0.3, -0.25) is 10.1 Å². The van der Waals surface area contributed by atoms with E-state index in [-0.39, 0.29) is 18.1 Å². The van der Waals surface area contributed by atoms with Gasteiger partial charge in [0, 0.05) is 0 Å². The van der Waals surface area contributed by atoms with Crippen molar-refractivity contribution in [2.45, 2.75) is 12.1 Å². The zero-order valence-corrected chi connectivity index (χ0v) is 10.7. The summed E-state index contributed by atoms with van der Waals surface area (Å²) in [7, 11) is 0. The molecule has 2 fully saturated rings. The van der Waals surface area contributed by atoms with Crippen LogP contribution in [0, 0.1) is 0 Å². The van der Waals surface area contributed by atoms with Crippen LogP contribution in [-0.4, -0.2) is 49.9 Å². The maximum absolute atomic E-state index is 12.3. The summed E-state index contributed by atoms with van der Waals surface area (Å²) in [6.45, 7) is 2.99.